The van der Waals surface area contributed by atoms with Crippen LogP contribution in [0.1, 0.15) is 16.1 Å². The Labute approximate surface area is 128 Å². The Kier molecular flexibility index (Phi) is 3.54. The van der Waals surface area contributed by atoms with Gasteiger partial charge in [-0.25, -0.2) is 18.6 Å². The highest BCUT2D eigenvalue weighted by Crippen LogP contribution is 2.24. The second-order valence-electron chi connectivity index (χ2n) is 4.70. The van der Waals surface area contributed by atoms with E-state index in [4.69, 9.17) is 16.7 Å². The number of carboxylic acids is 1. The first kappa shape index (κ1) is 14.5. The molecule has 4 nitrogen and oxygen atoms in total. The van der Waals surface area contributed by atoms with E-state index >= 15 is 0 Å². The molecular formula is C15H9ClF2N2O2. The topological polar surface area (TPSA) is 55.1 Å². The van der Waals surface area contributed by atoms with Crippen molar-refractivity contribution in [1.82, 2.24) is 9.55 Å². The van der Waals surface area contributed by atoms with E-state index in [0.29, 0.717) is 10.9 Å². The fourth-order valence-electron chi connectivity index (χ4n) is 2.23. The van der Waals surface area contributed by atoms with Crippen molar-refractivity contribution in [3.63, 3.8) is 0 Å². The van der Waals surface area contributed by atoms with Gasteiger partial charge < -0.3 is 9.67 Å². The quantitative estimate of drug-likeness (QED) is 0.748. The summed E-state index contributed by atoms with van der Waals surface area (Å²) in [6.45, 7) is -0.0736. The molecule has 0 fully saturated rings. The molecule has 112 valence electrons. The number of nitrogens with zero attached hydrogens (tertiary/aromatic N) is 2. The molecule has 2 heterocycles. The lowest BCUT2D eigenvalue weighted by Gasteiger charge is -2.09. The SMILES string of the molecule is O=C(O)c1cc2ccn(Cc3c(F)ccc(Cl)c3F)c2cn1. The summed E-state index contributed by atoms with van der Waals surface area (Å²) < 4.78 is 29.3. The summed E-state index contributed by atoms with van der Waals surface area (Å²) in [6.07, 6.45) is 2.97. The van der Waals surface area contributed by atoms with Gasteiger partial charge in [0.25, 0.3) is 0 Å². The molecule has 0 saturated carbocycles. The van der Waals surface area contributed by atoms with Gasteiger partial charge in [-0.3, -0.25) is 0 Å². The zero-order chi connectivity index (χ0) is 15.9. The van der Waals surface area contributed by atoms with Crippen LogP contribution in [0.3, 0.4) is 0 Å². The smallest absolute Gasteiger partial charge is 0.354 e. The molecule has 7 heteroatoms. The highest BCUT2D eigenvalue weighted by Gasteiger charge is 2.15. The van der Waals surface area contributed by atoms with E-state index in [9.17, 15) is 13.6 Å². The minimum atomic E-state index is -1.14. The van der Waals surface area contributed by atoms with Gasteiger partial charge in [0.15, 0.2) is 0 Å². The number of aromatic carboxylic acids is 1. The summed E-state index contributed by atoms with van der Waals surface area (Å²) in [7, 11) is 0. The van der Waals surface area contributed by atoms with Crippen molar-refractivity contribution in [2.24, 2.45) is 0 Å². The standard InChI is InChI=1S/C15H9ClF2N2O2/c16-10-1-2-11(17)9(14(10)18)7-20-4-3-8-5-12(15(21)22)19-6-13(8)20/h1-6H,7H2,(H,21,22). The molecule has 0 aliphatic carbocycles. The molecular weight excluding hydrogens is 314 g/mol. The van der Waals surface area contributed by atoms with E-state index in [2.05, 4.69) is 4.98 Å². The Hall–Kier alpha value is -2.47. The molecule has 0 unspecified atom stereocenters. The lowest BCUT2D eigenvalue weighted by Crippen LogP contribution is -2.05. The molecule has 0 atom stereocenters. The number of rotatable bonds is 3. The monoisotopic (exact) mass is 322 g/mol. The van der Waals surface area contributed by atoms with Gasteiger partial charge in [0.05, 0.1) is 23.3 Å². The molecule has 1 N–H and O–H groups in total. The second kappa shape index (κ2) is 5.38. The first-order valence-electron chi connectivity index (χ1n) is 6.28. The minimum absolute atomic E-state index is 0.0736. The Morgan fingerprint density at radius 3 is 2.82 bits per heavy atom. The summed E-state index contributed by atoms with van der Waals surface area (Å²) in [5, 5.41) is 9.37. The van der Waals surface area contributed by atoms with Crippen molar-refractivity contribution in [3.05, 3.63) is 64.6 Å². The third kappa shape index (κ3) is 2.42. The van der Waals surface area contributed by atoms with Crippen LogP contribution in [-0.2, 0) is 6.54 Å². The molecule has 0 saturated heterocycles. The third-order valence-corrected chi connectivity index (χ3v) is 3.64. The summed E-state index contributed by atoms with van der Waals surface area (Å²) in [6, 6.07) is 5.32. The van der Waals surface area contributed by atoms with Crippen molar-refractivity contribution in [2.45, 2.75) is 6.54 Å². The number of carbonyl (C=O) groups is 1. The van der Waals surface area contributed by atoms with Gasteiger partial charge >= 0.3 is 5.97 Å². The number of hydrogen-bond donors (Lipinski definition) is 1. The van der Waals surface area contributed by atoms with Crippen molar-refractivity contribution in [1.29, 1.82) is 0 Å². The lowest BCUT2D eigenvalue weighted by atomic mass is 10.2. The Morgan fingerprint density at radius 2 is 2.09 bits per heavy atom. The number of fused-ring (bicyclic) bond motifs is 1. The largest absolute Gasteiger partial charge is 0.477 e. The first-order valence-corrected chi connectivity index (χ1v) is 6.65. The maximum Gasteiger partial charge on any atom is 0.354 e. The molecule has 0 aliphatic rings. The van der Waals surface area contributed by atoms with E-state index in [0.717, 1.165) is 12.1 Å². The van der Waals surface area contributed by atoms with E-state index in [1.54, 1.807) is 16.8 Å². The number of hydrogen-bond acceptors (Lipinski definition) is 2. The summed E-state index contributed by atoms with van der Waals surface area (Å²) in [5.41, 5.74) is 0.321. The molecule has 22 heavy (non-hydrogen) atoms. The van der Waals surface area contributed by atoms with Gasteiger partial charge in [-0.2, -0.15) is 0 Å². The average molecular weight is 323 g/mol. The van der Waals surface area contributed by atoms with Crippen molar-refractivity contribution in [3.8, 4) is 0 Å². The molecule has 0 aliphatic heterocycles. The van der Waals surface area contributed by atoms with Gasteiger partial charge in [-0.05, 0) is 24.3 Å². The van der Waals surface area contributed by atoms with Crippen LogP contribution in [0.25, 0.3) is 10.9 Å². The van der Waals surface area contributed by atoms with Crippen LogP contribution in [0.2, 0.25) is 5.02 Å². The Morgan fingerprint density at radius 1 is 1.32 bits per heavy atom. The zero-order valence-corrected chi connectivity index (χ0v) is 11.8. The highest BCUT2D eigenvalue weighted by molar-refractivity contribution is 6.30. The van der Waals surface area contributed by atoms with Gasteiger partial charge in [-0.1, -0.05) is 11.6 Å². The van der Waals surface area contributed by atoms with Crippen LogP contribution in [0.4, 0.5) is 8.78 Å². The maximum atomic E-state index is 13.9. The number of halogens is 3. The Bertz CT molecular complexity index is 893. The van der Waals surface area contributed by atoms with Crippen LogP contribution in [0.15, 0.2) is 36.7 Å². The van der Waals surface area contributed by atoms with Crippen LogP contribution in [0, 0.1) is 11.6 Å². The van der Waals surface area contributed by atoms with Crippen LogP contribution < -0.4 is 0 Å². The van der Waals surface area contributed by atoms with Gasteiger partial charge in [0, 0.05) is 17.1 Å². The van der Waals surface area contributed by atoms with E-state index in [-0.39, 0.29) is 22.8 Å². The van der Waals surface area contributed by atoms with Crippen molar-refractivity contribution >= 4 is 28.5 Å². The summed E-state index contributed by atoms with van der Waals surface area (Å²) in [4.78, 5) is 14.7. The van der Waals surface area contributed by atoms with E-state index in [1.165, 1.54) is 12.3 Å². The maximum absolute atomic E-state index is 13.9. The summed E-state index contributed by atoms with van der Waals surface area (Å²) >= 11 is 5.67. The lowest BCUT2D eigenvalue weighted by molar-refractivity contribution is 0.0690. The minimum Gasteiger partial charge on any atom is -0.477 e. The number of benzene rings is 1. The molecule has 2 aromatic heterocycles. The fourth-order valence-corrected chi connectivity index (χ4v) is 2.40. The van der Waals surface area contributed by atoms with Gasteiger partial charge in [0.2, 0.25) is 0 Å². The number of carboxylic acid groups (broad SMARTS) is 1. The van der Waals surface area contributed by atoms with Crippen LogP contribution >= 0.6 is 11.6 Å². The van der Waals surface area contributed by atoms with Gasteiger partial charge in [-0.15, -0.1) is 0 Å². The Balaban J connectivity index is 2.05. The highest BCUT2D eigenvalue weighted by atomic mass is 35.5. The van der Waals surface area contributed by atoms with E-state index in [1.807, 2.05) is 0 Å². The van der Waals surface area contributed by atoms with Crippen molar-refractivity contribution < 1.29 is 18.7 Å². The molecule has 3 aromatic rings. The second-order valence-corrected chi connectivity index (χ2v) is 5.11. The van der Waals surface area contributed by atoms with E-state index < -0.39 is 17.6 Å². The average Bonchev–Trinajstić information content (AvgIpc) is 2.90. The molecule has 0 spiro atoms. The normalized spacial score (nSPS) is 11.0. The van der Waals surface area contributed by atoms with Crippen molar-refractivity contribution in [2.75, 3.05) is 0 Å². The van der Waals surface area contributed by atoms with Crippen LogP contribution in [-0.4, -0.2) is 20.6 Å². The van der Waals surface area contributed by atoms with Crippen LogP contribution in [0.5, 0.6) is 0 Å². The zero-order valence-electron chi connectivity index (χ0n) is 11.1. The number of pyridine rings is 1. The fraction of sp³-hybridized carbons (Fsp3) is 0.0667. The molecule has 1 aromatic carbocycles. The molecule has 0 amide bonds. The molecule has 3 rings (SSSR count). The first-order chi connectivity index (χ1) is 10.5. The predicted octanol–water partition coefficient (Wildman–Crippen LogP) is 3.71. The third-order valence-electron chi connectivity index (χ3n) is 3.34. The number of aromatic nitrogens is 2. The predicted molar refractivity (Wildman–Crippen MR) is 77.2 cm³/mol. The summed E-state index contributed by atoms with van der Waals surface area (Å²) in [5.74, 6) is -2.64. The van der Waals surface area contributed by atoms with Gasteiger partial charge in [0.1, 0.15) is 17.3 Å². The molecule has 0 bridgehead atoms. The molecule has 0 radical (unpaired) electrons.